The van der Waals surface area contributed by atoms with E-state index in [4.69, 9.17) is 10.5 Å². The van der Waals surface area contributed by atoms with Crippen molar-refractivity contribution >= 4 is 29.0 Å². The summed E-state index contributed by atoms with van der Waals surface area (Å²) < 4.78 is 5.65. The summed E-state index contributed by atoms with van der Waals surface area (Å²) in [6.07, 6.45) is 0.560. The zero-order chi connectivity index (χ0) is 14.5. The Hall–Kier alpha value is -2.15. The third kappa shape index (κ3) is 3.67. The highest BCUT2D eigenvalue weighted by molar-refractivity contribution is 7.80. The zero-order valence-corrected chi connectivity index (χ0v) is 11.5. The van der Waals surface area contributed by atoms with E-state index in [1.54, 1.807) is 0 Å². The number of hydrogen-bond acceptors (Lipinski definition) is 4. The standard InChI is InChI=1S/C13H15N3O3S/c14-11(20)7-16-13(18)12(17)15-6-9-5-8-3-1-2-4-10(8)19-9/h1-4,9H,5-7H2,(H2,14,20)(H,15,17)(H,16,18). The van der Waals surface area contributed by atoms with Crippen LogP contribution in [0.3, 0.4) is 0 Å². The first-order chi connectivity index (χ1) is 9.56. The van der Waals surface area contributed by atoms with Crippen molar-refractivity contribution in [2.75, 3.05) is 13.1 Å². The monoisotopic (exact) mass is 293 g/mol. The molecule has 0 bridgehead atoms. The molecule has 0 saturated carbocycles. The van der Waals surface area contributed by atoms with Gasteiger partial charge in [-0.25, -0.2) is 0 Å². The highest BCUT2D eigenvalue weighted by Gasteiger charge is 2.23. The van der Waals surface area contributed by atoms with Crippen molar-refractivity contribution < 1.29 is 14.3 Å². The molecule has 0 spiro atoms. The summed E-state index contributed by atoms with van der Waals surface area (Å²) in [4.78, 5) is 23.0. The van der Waals surface area contributed by atoms with Crippen LogP contribution in [0, 0.1) is 0 Å². The average molecular weight is 293 g/mol. The van der Waals surface area contributed by atoms with E-state index in [9.17, 15) is 9.59 Å². The molecule has 0 fully saturated rings. The van der Waals surface area contributed by atoms with Gasteiger partial charge in [0, 0.05) is 6.42 Å². The third-order valence-corrected chi connectivity index (χ3v) is 2.98. The lowest BCUT2D eigenvalue weighted by atomic mass is 10.1. The van der Waals surface area contributed by atoms with Crippen LogP contribution in [0.25, 0.3) is 0 Å². The molecule has 0 saturated heterocycles. The number of carbonyl (C=O) groups is 2. The van der Waals surface area contributed by atoms with E-state index in [0.717, 1.165) is 11.3 Å². The summed E-state index contributed by atoms with van der Waals surface area (Å²) >= 11 is 4.60. The molecule has 2 amide bonds. The van der Waals surface area contributed by atoms with Gasteiger partial charge in [-0.05, 0) is 11.6 Å². The fourth-order valence-electron chi connectivity index (χ4n) is 1.90. The van der Waals surface area contributed by atoms with E-state index in [2.05, 4.69) is 22.9 Å². The van der Waals surface area contributed by atoms with Gasteiger partial charge in [0.05, 0.1) is 18.1 Å². The highest BCUT2D eigenvalue weighted by Crippen LogP contribution is 2.27. The van der Waals surface area contributed by atoms with E-state index >= 15 is 0 Å². The molecule has 1 aromatic carbocycles. The number of hydrogen-bond donors (Lipinski definition) is 3. The maximum atomic E-state index is 11.5. The van der Waals surface area contributed by atoms with E-state index in [0.29, 0.717) is 6.42 Å². The number of carbonyl (C=O) groups excluding carboxylic acids is 2. The van der Waals surface area contributed by atoms with Gasteiger partial charge in [0.1, 0.15) is 11.9 Å². The summed E-state index contributed by atoms with van der Waals surface area (Å²) in [5, 5.41) is 4.84. The number of para-hydroxylation sites is 1. The van der Waals surface area contributed by atoms with Gasteiger partial charge < -0.3 is 21.1 Å². The van der Waals surface area contributed by atoms with E-state index < -0.39 is 11.8 Å². The Bertz CT molecular complexity index is 522. The lowest BCUT2D eigenvalue weighted by molar-refractivity contribution is -0.139. The minimum Gasteiger partial charge on any atom is -0.488 e. The Morgan fingerprint density at radius 2 is 2.00 bits per heavy atom. The summed E-state index contributed by atoms with van der Waals surface area (Å²) in [6.45, 7) is 0.279. The SMILES string of the molecule is NC(=S)CNC(=O)C(=O)NCC1Cc2ccccc2O1. The Balaban J connectivity index is 1.75. The molecule has 106 valence electrons. The number of thiocarbonyl (C=S) groups is 1. The van der Waals surface area contributed by atoms with Gasteiger partial charge in [-0.2, -0.15) is 0 Å². The molecular weight excluding hydrogens is 278 g/mol. The van der Waals surface area contributed by atoms with Gasteiger partial charge in [-0.15, -0.1) is 0 Å². The van der Waals surface area contributed by atoms with Crippen molar-refractivity contribution in [3.63, 3.8) is 0 Å². The molecular formula is C13H15N3O3S. The molecule has 4 N–H and O–H groups in total. The van der Waals surface area contributed by atoms with Crippen LogP contribution in [-0.4, -0.2) is 36.0 Å². The average Bonchev–Trinajstić information content (AvgIpc) is 2.84. The van der Waals surface area contributed by atoms with Gasteiger partial charge in [-0.1, -0.05) is 30.4 Å². The predicted octanol–water partition coefficient (Wildman–Crippen LogP) is -0.491. The number of ether oxygens (including phenoxy) is 1. The molecule has 0 radical (unpaired) electrons. The van der Waals surface area contributed by atoms with Crippen LogP contribution >= 0.6 is 12.2 Å². The lowest BCUT2D eigenvalue weighted by Gasteiger charge is -2.11. The molecule has 2 rings (SSSR count). The fraction of sp³-hybridized carbons (Fsp3) is 0.308. The molecule has 1 aliphatic rings. The van der Waals surface area contributed by atoms with E-state index in [-0.39, 0.29) is 24.2 Å². The largest absolute Gasteiger partial charge is 0.488 e. The van der Waals surface area contributed by atoms with Crippen LogP contribution < -0.4 is 21.1 Å². The molecule has 1 aliphatic heterocycles. The van der Waals surface area contributed by atoms with E-state index in [1.165, 1.54) is 0 Å². The number of benzene rings is 1. The second-order valence-corrected chi connectivity index (χ2v) is 4.94. The van der Waals surface area contributed by atoms with Crippen molar-refractivity contribution in [1.82, 2.24) is 10.6 Å². The van der Waals surface area contributed by atoms with Crippen LogP contribution in [0.4, 0.5) is 0 Å². The smallest absolute Gasteiger partial charge is 0.309 e. The minimum absolute atomic E-state index is 0.00690. The summed E-state index contributed by atoms with van der Waals surface area (Å²) in [5.74, 6) is -0.654. The van der Waals surface area contributed by atoms with Crippen LogP contribution in [-0.2, 0) is 16.0 Å². The molecule has 20 heavy (non-hydrogen) atoms. The normalized spacial score (nSPS) is 15.9. The molecule has 1 unspecified atom stereocenters. The van der Waals surface area contributed by atoms with Crippen molar-refractivity contribution in [2.24, 2.45) is 5.73 Å². The predicted molar refractivity (Wildman–Crippen MR) is 77.4 cm³/mol. The molecule has 7 heteroatoms. The van der Waals surface area contributed by atoms with Crippen molar-refractivity contribution in [2.45, 2.75) is 12.5 Å². The number of nitrogens with two attached hydrogens (primary N) is 1. The highest BCUT2D eigenvalue weighted by atomic mass is 32.1. The van der Waals surface area contributed by atoms with Crippen molar-refractivity contribution in [1.29, 1.82) is 0 Å². The van der Waals surface area contributed by atoms with Crippen LogP contribution in [0.5, 0.6) is 5.75 Å². The second-order valence-electron chi connectivity index (χ2n) is 4.41. The van der Waals surface area contributed by atoms with Gasteiger partial charge in [0.2, 0.25) is 0 Å². The van der Waals surface area contributed by atoms with E-state index in [1.807, 2.05) is 24.3 Å². The fourth-order valence-corrected chi connectivity index (χ4v) is 1.97. The van der Waals surface area contributed by atoms with Crippen molar-refractivity contribution in [3.05, 3.63) is 29.8 Å². The molecule has 6 nitrogen and oxygen atoms in total. The number of nitrogens with one attached hydrogen (secondary N) is 2. The van der Waals surface area contributed by atoms with Crippen LogP contribution in [0.1, 0.15) is 5.56 Å². The number of amides is 2. The van der Waals surface area contributed by atoms with Crippen LogP contribution in [0.15, 0.2) is 24.3 Å². The maximum Gasteiger partial charge on any atom is 0.309 e. The molecule has 1 atom stereocenters. The number of rotatable bonds is 4. The molecule has 1 aromatic rings. The first-order valence-corrected chi connectivity index (χ1v) is 6.56. The van der Waals surface area contributed by atoms with Gasteiger partial charge in [0.25, 0.3) is 0 Å². The summed E-state index contributed by atoms with van der Waals surface area (Å²) in [6, 6.07) is 7.69. The summed E-state index contributed by atoms with van der Waals surface area (Å²) in [5.41, 5.74) is 6.33. The molecule has 1 heterocycles. The van der Waals surface area contributed by atoms with Gasteiger partial charge in [0.15, 0.2) is 0 Å². The van der Waals surface area contributed by atoms with Crippen LogP contribution in [0.2, 0.25) is 0 Å². The Morgan fingerprint density at radius 1 is 1.30 bits per heavy atom. The third-order valence-electron chi connectivity index (χ3n) is 2.83. The Labute approximate surface area is 121 Å². The minimum atomic E-state index is -0.756. The quantitative estimate of drug-likeness (QED) is 0.514. The molecule has 0 aromatic heterocycles. The first-order valence-electron chi connectivity index (χ1n) is 6.15. The first kappa shape index (κ1) is 14.3. The second kappa shape index (κ2) is 6.33. The van der Waals surface area contributed by atoms with Gasteiger partial charge in [-0.3, -0.25) is 9.59 Å². The summed E-state index contributed by atoms with van der Waals surface area (Å²) in [7, 11) is 0. The maximum absolute atomic E-state index is 11.5. The lowest BCUT2D eigenvalue weighted by Crippen LogP contribution is -2.45. The Kier molecular flexibility index (Phi) is 4.52. The Morgan fingerprint density at radius 3 is 2.70 bits per heavy atom. The van der Waals surface area contributed by atoms with Gasteiger partial charge >= 0.3 is 11.8 Å². The number of fused-ring (bicyclic) bond motifs is 1. The topological polar surface area (TPSA) is 93.5 Å². The zero-order valence-electron chi connectivity index (χ0n) is 10.7. The molecule has 0 aliphatic carbocycles. The van der Waals surface area contributed by atoms with Crippen molar-refractivity contribution in [3.8, 4) is 5.75 Å².